The smallest absolute Gasteiger partial charge is 0.123 e. The van der Waals surface area contributed by atoms with E-state index in [0.29, 0.717) is 11.6 Å². The molecule has 0 aromatic carbocycles. The van der Waals surface area contributed by atoms with Crippen LogP contribution in [0.4, 0.5) is 0 Å². The molecule has 3 N–H and O–H groups in total. The first-order chi connectivity index (χ1) is 9.70. The number of likely N-dealkylation sites (tertiary alicyclic amines) is 1. The van der Waals surface area contributed by atoms with Crippen LogP contribution in [-0.4, -0.2) is 52.4 Å². The molecule has 2 heterocycles. The molecule has 110 valence electrons. The molecule has 0 spiro atoms. The molecule has 5 nitrogen and oxygen atoms in total. The normalized spacial score (nSPS) is 17.2. The summed E-state index contributed by atoms with van der Waals surface area (Å²) < 4.78 is 5.56. The van der Waals surface area contributed by atoms with E-state index in [4.69, 9.17) is 27.8 Å². The fourth-order valence-electron chi connectivity index (χ4n) is 2.48. The Kier molecular flexibility index (Phi) is 5.85. The van der Waals surface area contributed by atoms with E-state index in [1.54, 1.807) is 6.20 Å². The summed E-state index contributed by atoms with van der Waals surface area (Å²) in [6, 6.07) is 3.93. The summed E-state index contributed by atoms with van der Waals surface area (Å²) in [6.07, 6.45) is 3.96. The number of thiocarbonyl (C=S) groups is 1. The van der Waals surface area contributed by atoms with E-state index in [0.717, 1.165) is 43.7 Å². The largest absolute Gasteiger partial charge is 0.394 e. The third-order valence-corrected chi connectivity index (χ3v) is 3.69. The van der Waals surface area contributed by atoms with Crippen molar-refractivity contribution in [2.24, 2.45) is 5.73 Å². The summed E-state index contributed by atoms with van der Waals surface area (Å²) in [6.45, 7) is 3.28. The fraction of sp³-hybridized carbons (Fsp3) is 0.571. The predicted octanol–water partition coefficient (Wildman–Crippen LogP) is 0.689. The second-order valence-electron chi connectivity index (χ2n) is 4.95. The van der Waals surface area contributed by atoms with E-state index in [1.807, 2.05) is 12.1 Å². The molecule has 1 aromatic rings. The van der Waals surface area contributed by atoms with Gasteiger partial charge in [-0.15, -0.1) is 0 Å². The highest BCUT2D eigenvalue weighted by Crippen LogP contribution is 2.17. The van der Waals surface area contributed by atoms with Gasteiger partial charge >= 0.3 is 0 Å². The number of hydrogen-bond donors (Lipinski definition) is 2. The van der Waals surface area contributed by atoms with Crippen LogP contribution in [0.2, 0.25) is 0 Å². The summed E-state index contributed by atoms with van der Waals surface area (Å²) in [5.74, 6) is 0. The van der Waals surface area contributed by atoms with Crippen LogP contribution in [0.1, 0.15) is 24.1 Å². The molecule has 0 unspecified atom stereocenters. The molecule has 1 fully saturated rings. The average Bonchev–Trinajstić information content (AvgIpc) is 2.47. The van der Waals surface area contributed by atoms with E-state index in [-0.39, 0.29) is 12.7 Å². The van der Waals surface area contributed by atoms with Crippen molar-refractivity contribution in [2.45, 2.75) is 25.5 Å². The minimum Gasteiger partial charge on any atom is -0.394 e. The molecule has 0 aliphatic carbocycles. The zero-order valence-electron chi connectivity index (χ0n) is 11.5. The molecule has 1 saturated heterocycles. The number of aliphatic hydroxyl groups excluding tert-OH is 1. The Labute approximate surface area is 124 Å². The average molecular weight is 295 g/mol. The first kappa shape index (κ1) is 15.3. The van der Waals surface area contributed by atoms with Crippen LogP contribution < -0.4 is 5.73 Å². The van der Waals surface area contributed by atoms with Gasteiger partial charge in [-0.2, -0.15) is 0 Å². The Balaban J connectivity index is 1.88. The third kappa shape index (κ3) is 4.21. The van der Waals surface area contributed by atoms with Crippen molar-refractivity contribution in [3.63, 3.8) is 0 Å². The SMILES string of the molecule is NC(=S)c1ncccc1CN1CCC(OCCO)CC1. The van der Waals surface area contributed by atoms with Crippen LogP contribution in [0.3, 0.4) is 0 Å². The van der Waals surface area contributed by atoms with Crippen molar-refractivity contribution < 1.29 is 9.84 Å². The molecule has 0 atom stereocenters. The Morgan fingerprint density at radius 1 is 1.50 bits per heavy atom. The van der Waals surface area contributed by atoms with E-state index in [9.17, 15) is 0 Å². The minimum atomic E-state index is 0.0905. The minimum absolute atomic E-state index is 0.0905. The summed E-state index contributed by atoms with van der Waals surface area (Å²) in [4.78, 5) is 6.96. The number of nitrogens with zero attached hydrogens (tertiary/aromatic N) is 2. The molecule has 0 saturated carbocycles. The van der Waals surface area contributed by atoms with Crippen LogP contribution in [0, 0.1) is 0 Å². The number of aliphatic hydroxyl groups is 1. The Bertz CT molecular complexity index is 448. The van der Waals surface area contributed by atoms with Gasteiger partial charge in [0.1, 0.15) is 10.7 Å². The van der Waals surface area contributed by atoms with Crippen LogP contribution in [0.15, 0.2) is 18.3 Å². The fourth-order valence-corrected chi connectivity index (χ4v) is 2.67. The highest BCUT2D eigenvalue weighted by atomic mass is 32.1. The Morgan fingerprint density at radius 2 is 2.25 bits per heavy atom. The lowest BCUT2D eigenvalue weighted by atomic mass is 10.1. The van der Waals surface area contributed by atoms with Crippen LogP contribution >= 0.6 is 12.2 Å². The van der Waals surface area contributed by atoms with Gasteiger partial charge in [0, 0.05) is 25.8 Å². The lowest BCUT2D eigenvalue weighted by molar-refractivity contribution is -0.00903. The zero-order valence-corrected chi connectivity index (χ0v) is 12.3. The highest BCUT2D eigenvalue weighted by molar-refractivity contribution is 7.80. The van der Waals surface area contributed by atoms with E-state index in [2.05, 4.69) is 9.88 Å². The van der Waals surface area contributed by atoms with Gasteiger partial charge in [-0.25, -0.2) is 0 Å². The maximum absolute atomic E-state index is 8.76. The molecule has 6 heteroatoms. The molecule has 0 amide bonds. The second-order valence-corrected chi connectivity index (χ2v) is 5.39. The lowest BCUT2D eigenvalue weighted by Gasteiger charge is -2.32. The van der Waals surface area contributed by atoms with E-state index in [1.165, 1.54) is 0 Å². The van der Waals surface area contributed by atoms with Gasteiger partial charge in [-0.3, -0.25) is 9.88 Å². The molecule has 1 aliphatic heterocycles. The van der Waals surface area contributed by atoms with Crippen molar-refractivity contribution in [1.82, 2.24) is 9.88 Å². The monoisotopic (exact) mass is 295 g/mol. The van der Waals surface area contributed by atoms with Crippen molar-refractivity contribution in [2.75, 3.05) is 26.3 Å². The lowest BCUT2D eigenvalue weighted by Crippen LogP contribution is -2.37. The van der Waals surface area contributed by atoms with Crippen LogP contribution in [0.25, 0.3) is 0 Å². The topological polar surface area (TPSA) is 71.6 Å². The Morgan fingerprint density at radius 3 is 2.90 bits per heavy atom. The van der Waals surface area contributed by atoms with Gasteiger partial charge in [0.15, 0.2) is 0 Å². The number of piperidine rings is 1. The Hall–Kier alpha value is -1.08. The van der Waals surface area contributed by atoms with Crippen LogP contribution in [0.5, 0.6) is 0 Å². The predicted molar refractivity (Wildman–Crippen MR) is 81.5 cm³/mol. The van der Waals surface area contributed by atoms with Gasteiger partial charge in [-0.1, -0.05) is 18.3 Å². The number of nitrogens with two attached hydrogens (primary N) is 1. The van der Waals surface area contributed by atoms with Crippen molar-refractivity contribution in [3.05, 3.63) is 29.6 Å². The van der Waals surface area contributed by atoms with Crippen molar-refractivity contribution in [1.29, 1.82) is 0 Å². The maximum Gasteiger partial charge on any atom is 0.123 e. The van der Waals surface area contributed by atoms with Gasteiger partial charge in [0.25, 0.3) is 0 Å². The van der Waals surface area contributed by atoms with Gasteiger partial charge in [-0.05, 0) is 24.5 Å². The summed E-state index contributed by atoms with van der Waals surface area (Å²) in [7, 11) is 0. The van der Waals surface area contributed by atoms with E-state index >= 15 is 0 Å². The zero-order chi connectivity index (χ0) is 14.4. The van der Waals surface area contributed by atoms with Crippen molar-refractivity contribution >= 4 is 17.2 Å². The first-order valence-corrected chi connectivity index (χ1v) is 7.30. The third-order valence-electron chi connectivity index (χ3n) is 3.50. The number of rotatable bonds is 6. The number of hydrogen-bond acceptors (Lipinski definition) is 5. The molecule has 0 bridgehead atoms. The number of pyridine rings is 1. The quantitative estimate of drug-likeness (QED) is 0.752. The van der Waals surface area contributed by atoms with Crippen molar-refractivity contribution in [3.8, 4) is 0 Å². The first-order valence-electron chi connectivity index (χ1n) is 6.89. The molecule has 1 aliphatic rings. The van der Waals surface area contributed by atoms with Crippen LogP contribution in [-0.2, 0) is 11.3 Å². The maximum atomic E-state index is 8.76. The summed E-state index contributed by atoms with van der Waals surface area (Å²) in [5, 5.41) is 8.76. The summed E-state index contributed by atoms with van der Waals surface area (Å²) in [5.41, 5.74) is 7.51. The molecular formula is C14H21N3O2S. The number of ether oxygens (including phenoxy) is 1. The molecular weight excluding hydrogens is 274 g/mol. The van der Waals surface area contributed by atoms with E-state index < -0.39 is 0 Å². The second kappa shape index (κ2) is 7.64. The van der Waals surface area contributed by atoms with Gasteiger partial charge in [0.05, 0.1) is 19.3 Å². The molecule has 0 radical (unpaired) electrons. The standard InChI is InChI=1S/C14H21N3O2S/c15-14(20)13-11(2-1-5-16-13)10-17-6-3-12(4-7-17)19-9-8-18/h1-2,5,12,18H,3-4,6-10H2,(H2,15,20). The molecule has 1 aromatic heterocycles. The molecule has 2 rings (SSSR count). The number of aromatic nitrogens is 1. The molecule has 20 heavy (non-hydrogen) atoms. The highest BCUT2D eigenvalue weighted by Gasteiger charge is 2.20. The summed E-state index contributed by atoms with van der Waals surface area (Å²) >= 11 is 5.04. The van der Waals surface area contributed by atoms with Gasteiger partial charge in [0.2, 0.25) is 0 Å². The van der Waals surface area contributed by atoms with Gasteiger partial charge < -0.3 is 15.6 Å².